The van der Waals surface area contributed by atoms with E-state index in [1.807, 2.05) is 56.3 Å². The Balaban J connectivity index is 1.38. The highest BCUT2D eigenvalue weighted by Gasteiger charge is 2.36. The van der Waals surface area contributed by atoms with Gasteiger partial charge < -0.3 is 9.76 Å². The molecule has 1 N–H and O–H groups in total. The van der Waals surface area contributed by atoms with Crippen LogP contribution in [0.1, 0.15) is 52.7 Å². The molecule has 0 saturated carbocycles. The van der Waals surface area contributed by atoms with Crippen LogP contribution in [0.3, 0.4) is 0 Å². The summed E-state index contributed by atoms with van der Waals surface area (Å²) in [4.78, 5) is 10.1. The molecule has 0 saturated heterocycles. The van der Waals surface area contributed by atoms with E-state index in [1.165, 1.54) is 22.3 Å². The molecule has 1 radical (unpaired) electrons. The van der Waals surface area contributed by atoms with Crippen LogP contribution in [-0.2, 0) is 10.1 Å². The maximum Gasteiger partial charge on any atom is 0.330 e. The van der Waals surface area contributed by atoms with E-state index in [0.717, 1.165) is 33.5 Å². The monoisotopic (exact) mass is 551 g/mol. The van der Waals surface area contributed by atoms with Gasteiger partial charge in [-0.2, -0.15) is 0 Å². The maximum absolute atomic E-state index is 10.4. The number of aliphatic hydroxyl groups is 1. The normalized spacial score (nSPS) is 13.9. The van der Waals surface area contributed by atoms with Crippen molar-refractivity contribution >= 4 is 12.9 Å². The maximum atomic E-state index is 10.4. The van der Waals surface area contributed by atoms with Crippen molar-refractivity contribution in [1.29, 1.82) is 0 Å². The minimum absolute atomic E-state index is 0.0890. The molecule has 1 heterocycles. The van der Waals surface area contributed by atoms with E-state index in [1.54, 1.807) is 21.3 Å². The SMILES string of the molecule is CC1(C)c2ccccc2-c2ccc(-c3cc(-c4ccc([B]OC(C)(C)C(C)(C)O)cc4)nc(-c4ccccc4)n3)cc21. The Bertz CT molecular complexity index is 1750. The van der Waals surface area contributed by atoms with E-state index < -0.39 is 11.2 Å². The van der Waals surface area contributed by atoms with Gasteiger partial charge in [-0.25, -0.2) is 9.97 Å². The van der Waals surface area contributed by atoms with Crippen molar-refractivity contribution in [3.05, 3.63) is 114 Å². The van der Waals surface area contributed by atoms with Crippen molar-refractivity contribution in [2.75, 3.05) is 0 Å². The molecule has 0 fully saturated rings. The molecular weight excluding hydrogens is 515 g/mol. The van der Waals surface area contributed by atoms with Crippen LogP contribution in [-0.4, -0.2) is 33.8 Å². The lowest BCUT2D eigenvalue weighted by Gasteiger charge is -2.37. The summed E-state index contributed by atoms with van der Waals surface area (Å²) in [7, 11) is 1.70. The van der Waals surface area contributed by atoms with E-state index in [2.05, 4.69) is 74.5 Å². The average molecular weight is 552 g/mol. The van der Waals surface area contributed by atoms with Crippen LogP contribution in [0.25, 0.3) is 45.0 Å². The summed E-state index contributed by atoms with van der Waals surface area (Å²) in [5.74, 6) is 0.692. The minimum Gasteiger partial charge on any atom is -0.427 e. The van der Waals surface area contributed by atoms with Crippen LogP contribution < -0.4 is 5.46 Å². The molecule has 0 bridgehead atoms. The second-order valence-corrected chi connectivity index (χ2v) is 12.7. The Kier molecular flexibility index (Phi) is 6.91. The van der Waals surface area contributed by atoms with Gasteiger partial charge in [0.05, 0.1) is 22.6 Å². The number of fused-ring (bicyclic) bond motifs is 3. The molecule has 6 rings (SSSR count). The van der Waals surface area contributed by atoms with E-state index >= 15 is 0 Å². The Labute approximate surface area is 249 Å². The molecule has 5 heteroatoms. The molecule has 1 aliphatic rings. The van der Waals surface area contributed by atoms with Crippen LogP contribution in [0.5, 0.6) is 0 Å². The van der Waals surface area contributed by atoms with Gasteiger partial charge in [0.25, 0.3) is 0 Å². The lowest BCUT2D eigenvalue weighted by atomic mass is 9.82. The van der Waals surface area contributed by atoms with Crippen molar-refractivity contribution in [2.45, 2.75) is 58.2 Å². The molecule has 0 spiro atoms. The Morgan fingerprint density at radius 3 is 1.93 bits per heavy atom. The highest BCUT2D eigenvalue weighted by Crippen LogP contribution is 2.49. The summed E-state index contributed by atoms with van der Waals surface area (Å²) in [5, 5.41) is 10.4. The summed E-state index contributed by atoms with van der Waals surface area (Å²) in [6.45, 7) is 11.9. The summed E-state index contributed by atoms with van der Waals surface area (Å²) >= 11 is 0. The first-order chi connectivity index (χ1) is 19.9. The van der Waals surface area contributed by atoms with Crippen LogP contribution in [0.15, 0.2) is 103 Å². The molecule has 209 valence electrons. The first-order valence-corrected chi connectivity index (χ1v) is 14.5. The Hall–Kier alpha value is -4.06. The lowest BCUT2D eigenvalue weighted by molar-refractivity contribution is -0.0893. The number of nitrogens with zero attached hydrogens (tertiary/aromatic N) is 2. The van der Waals surface area contributed by atoms with E-state index in [9.17, 15) is 5.11 Å². The van der Waals surface area contributed by atoms with Crippen molar-refractivity contribution in [2.24, 2.45) is 0 Å². The third-order valence-electron chi connectivity index (χ3n) is 8.81. The van der Waals surface area contributed by atoms with E-state index in [4.69, 9.17) is 14.6 Å². The summed E-state index contributed by atoms with van der Waals surface area (Å²) in [6, 6.07) is 35.7. The van der Waals surface area contributed by atoms with Gasteiger partial charge in [-0.3, -0.25) is 0 Å². The minimum atomic E-state index is -0.982. The van der Waals surface area contributed by atoms with Crippen LogP contribution >= 0.6 is 0 Å². The molecule has 42 heavy (non-hydrogen) atoms. The smallest absolute Gasteiger partial charge is 0.330 e. The third kappa shape index (κ3) is 5.08. The highest BCUT2D eigenvalue weighted by molar-refractivity contribution is 6.47. The zero-order valence-corrected chi connectivity index (χ0v) is 25.1. The molecular formula is C37H36BN2O2. The fourth-order valence-corrected chi connectivity index (χ4v) is 5.41. The van der Waals surface area contributed by atoms with Gasteiger partial charge in [-0.1, -0.05) is 110 Å². The van der Waals surface area contributed by atoms with Gasteiger partial charge >= 0.3 is 7.48 Å². The zero-order chi connectivity index (χ0) is 29.7. The van der Waals surface area contributed by atoms with E-state index in [-0.39, 0.29) is 5.41 Å². The molecule has 0 amide bonds. The number of hydrogen-bond donors (Lipinski definition) is 1. The molecule has 0 atom stereocenters. The van der Waals surface area contributed by atoms with Crippen LogP contribution in [0.2, 0.25) is 0 Å². The summed E-state index contributed by atoms with van der Waals surface area (Å²) in [6.07, 6.45) is 0. The predicted octanol–water partition coefficient (Wildman–Crippen LogP) is 7.59. The first-order valence-electron chi connectivity index (χ1n) is 14.5. The average Bonchev–Trinajstić information content (AvgIpc) is 3.22. The van der Waals surface area contributed by atoms with Crippen molar-refractivity contribution in [1.82, 2.24) is 9.97 Å². The standard InChI is InChI=1S/C37H36BN2O2/c1-35(2)30-15-11-10-14-28(30)29-21-18-26(22-31(29)35)33-23-32(39-34(40-33)25-12-8-7-9-13-25)24-16-19-27(20-17-24)38-42-37(5,6)36(3,4)41/h7-23,41H,1-6H3. The van der Waals surface area contributed by atoms with Gasteiger partial charge in [0, 0.05) is 22.1 Å². The zero-order valence-electron chi connectivity index (χ0n) is 25.1. The van der Waals surface area contributed by atoms with Crippen LogP contribution in [0.4, 0.5) is 0 Å². The first kappa shape index (κ1) is 28.1. The van der Waals surface area contributed by atoms with Gasteiger partial charge in [-0.05, 0) is 62.1 Å². The quantitative estimate of drug-likeness (QED) is 0.212. The van der Waals surface area contributed by atoms with E-state index in [0.29, 0.717) is 5.82 Å². The number of hydrogen-bond acceptors (Lipinski definition) is 4. The Morgan fingerprint density at radius 2 is 1.24 bits per heavy atom. The van der Waals surface area contributed by atoms with Gasteiger partial charge in [0.2, 0.25) is 0 Å². The third-order valence-corrected chi connectivity index (χ3v) is 8.81. The van der Waals surface area contributed by atoms with Gasteiger partial charge in [-0.15, -0.1) is 0 Å². The predicted molar refractivity (Wildman–Crippen MR) is 173 cm³/mol. The summed E-state index contributed by atoms with van der Waals surface area (Å²) < 4.78 is 5.96. The molecule has 1 aliphatic carbocycles. The molecule has 0 unspecified atom stereocenters. The Morgan fingerprint density at radius 1 is 0.643 bits per heavy atom. The highest BCUT2D eigenvalue weighted by atomic mass is 16.5. The van der Waals surface area contributed by atoms with Crippen molar-refractivity contribution < 1.29 is 9.76 Å². The van der Waals surface area contributed by atoms with Crippen LogP contribution in [0, 0.1) is 0 Å². The van der Waals surface area contributed by atoms with Gasteiger partial charge in [0.1, 0.15) is 0 Å². The molecule has 5 aromatic rings. The number of benzene rings is 4. The van der Waals surface area contributed by atoms with Crippen molar-refractivity contribution in [3.63, 3.8) is 0 Å². The molecule has 1 aromatic heterocycles. The second kappa shape index (κ2) is 10.3. The summed E-state index contributed by atoms with van der Waals surface area (Å²) in [5.41, 5.74) is 9.16. The second-order valence-electron chi connectivity index (χ2n) is 12.7. The number of rotatable bonds is 7. The molecule has 0 aliphatic heterocycles. The largest absolute Gasteiger partial charge is 0.427 e. The van der Waals surface area contributed by atoms with Crippen molar-refractivity contribution in [3.8, 4) is 45.0 Å². The molecule has 4 nitrogen and oxygen atoms in total. The molecule has 4 aromatic carbocycles. The fourth-order valence-electron chi connectivity index (χ4n) is 5.41. The lowest BCUT2D eigenvalue weighted by Crippen LogP contribution is -2.49. The van der Waals surface area contributed by atoms with Gasteiger partial charge in [0.15, 0.2) is 5.82 Å². The topological polar surface area (TPSA) is 55.2 Å². The fraction of sp³-hybridized carbons (Fsp3) is 0.243. The number of aromatic nitrogens is 2.